The summed E-state index contributed by atoms with van der Waals surface area (Å²) in [7, 11) is 1.68. The van der Waals surface area contributed by atoms with Gasteiger partial charge in [-0.1, -0.05) is 11.2 Å². The first-order valence-electron chi connectivity index (χ1n) is 10.8. The van der Waals surface area contributed by atoms with Gasteiger partial charge < -0.3 is 14.1 Å². The first-order chi connectivity index (χ1) is 14.0. The molecule has 158 valence electrons. The maximum absolute atomic E-state index is 6.00. The molecule has 1 aromatic carbocycles. The summed E-state index contributed by atoms with van der Waals surface area (Å²) in [6, 6.07) is 7.92. The van der Waals surface area contributed by atoms with Crippen molar-refractivity contribution in [3.05, 3.63) is 23.8 Å². The fraction of sp³-hybridized carbons (Fsp3) is 0.636. The van der Waals surface area contributed by atoms with Crippen molar-refractivity contribution in [2.75, 3.05) is 51.3 Å². The van der Waals surface area contributed by atoms with Crippen LogP contribution in [0, 0.1) is 6.92 Å². The van der Waals surface area contributed by atoms with Crippen molar-refractivity contribution in [1.82, 2.24) is 20.0 Å². The van der Waals surface area contributed by atoms with Crippen LogP contribution in [0.2, 0.25) is 0 Å². The Morgan fingerprint density at radius 2 is 1.76 bits per heavy atom. The number of aryl methyl sites for hydroxylation is 1. The molecule has 0 radical (unpaired) electrons. The van der Waals surface area contributed by atoms with Gasteiger partial charge in [-0.25, -0.2) is 0 Å². The van der Waals surface area contributed by atoms with E-state index >= 15 is 0 Å². The van der Waals surface area contributed by atoms with E-state index in [0.29, 0.717) is 24.0 Å². The first-order valence-corrected chi connectivity index (χ1v) is 10.8. The van der Waals surface area contributed by atoms with Gasteiger partial charge in [0.15, 0.2) is 0 Å². The molecule has 2 saturated heterocycles. The molecule has 0 atom stereocenters. The van der Waals surface area contributed by atoms with E-state index in [-0.39, 0.29) is 0 Å². The molecule has 0 spiro atoms. The highest BCUT2D eigenvalue weighted by Gasteiger charge is 2.29. The Bertz CT molecular complexity index is 805. The van der Waals surface area contributed by atoms with Crippen LogP contribution in [0.4, 0.5) is 6.01 Å². The molecular weight excluding hydrogens is 366 g/mol. The highest BCUT2D eigenvalue weighted by Crippen LogP contribution is 2.29. The van der Waals surface area contributed by atoms with Crippen LogP contribution in [0.3, 0.4) is 0 Å². The number of methoxy groups -OCH3 is 1. The van der Waals surface area contributed by atoms with E-state index in [1.807, 2.05) is 25.1 Å². The van der Waals surface area contributed by atoms with Gasteiger partial charge in [0, 0.05) is 56.9 Å². The van der Waals surface area contributed by atoms with Crippen molar-refractivity contribution in [1.29, 1.82) is 0 Å². The number of nitrogens with zero attached hydrogens (tertiary/aromatic N) is 5. The molecule has 0 aliphatic carbocycles. The van der Waals surface area contributed by atoms with Gasteiger partial charge in [0.2, 0.25) is 5.89 Å². The van der Waals surface area contributed by atoms with Crippen LogP contribution in [-0.4, -0.2) is 78.5 Å². The summed E-state index contributed by atoms with van der Waals surface area (Å²) in [5.74, 6) is 1.38. The van der Waals surface area contributed by atoms with Crippen LogP contribution in [-0.2, 0) is 0 Å². The zero-order valence-corrected chi connectivity index (χ0v) is 18.1. The lowest BCUT2D eigenvalue weighted by molar-refractivity contribution is 0.0689. The van der Waals surface area contributed by atoms with Crippen LogP contribution in [0.15, 0.2) is 22.6 Å². The van der Waals surface area contributed by atoms with Crippen molar-refractivity contribution < 1.29 is 9.15 Å². The number of hydrogen-bond donors (Lipinski definition) is 0. The summed E-state index contributed by atoms with van der Waals surface area (Å²) in [6.45, 7) is 13.3. The zero-order valence-electron chi connectivity index (χ0n) is 18.1. The van der Waals surface area contributed by atoms with Crippen molar-refractivity contribution in [3.63, 3.8) is 0 Å². The predicted octanol–water partition coefficient (Wildman–Crippen LogP) is 3.05. The minimum atomic E-state index is 0.547. The summed E-state index contributed by atoms with van der Waals surface area (Å²) >= 11 is 0. The molecule has 2 aromatic rings. The molecule has 7 nitrogen and oxygen atoms in total. The molecule has 2 fully saturated rings. The highest BCUT2D eigenvalue weighted by atomic mass is 16.5. The third-order valence-electron chi connectivity index (χ3n) is 6.40. The number of aromatic nitrogens is 2. The Morgan fingerprint density at radius 3 is 2.41 bits per heavy atom. The second kappa shape index (κ2) is 8.71. The standard InChI is InChI=1S/C22H33N5O2/c1-16(2)25-11-13-26(14-12-25)19-7-9-27(10-8-19)22-24-23-21(29-22)18-6-5-17(3)20(15-18)28-4/h5-6,15-16,19H,7-14H2,1-4H3. The number of piperidine rings is 1. The molecule has 7 heteroatoms. The lowest BCUT2D eigenvalue weighted by Gasteiger charge is -2.43. The molecule has 0 saturated carbocycles. The van der Waals surface area contributed by atoms with E-state index in [4.69, 9.17) is 9.15 Å². The fourth-order valence-electron chi connectivity index (χ4n) is 4.45. The molecule has 3 heterocycles. The molecule has 0 amide bonds. The number of hydrogen-bond acceptors (Lipinski definition) is 7. The summed E-state index contributed by atoms with van der Waals surface area (Å²) < 4.78 is 11.4. The molecular formula is C22H33N5O2. The molecule has 0 bridgehead atoms. The van der Waals surface area contributed by atoms with Crippen LogP contribution in [0.1, 0.15) is 32.3 Å². The average Bonchev–Trinajstić information content (AvgIpc) is 3.24. The number of piperazine rings is 1. The van der Waals surface area contributed by atoms with Gasteiger partial charge in [-0.05, 0) is 51.3 Å². The molecule has 4 rings (SSSR count). The quantitative estimate of drug-likeness (QED) is 0.766. The van der Waals surface area contributed by atoms with Gasteiger partial charge in [-0.3, -0.25) is 9.80 Å². The molecule has 1 aromatic heterocycles. The van der Waals surface area contributed by atoms with Gasteiger partial charge >= 0.3 is 6.01 Å². The van der Waals surface area contributed by atoms with Crippen molar-refractivity contribution in [3.8, 4) is 17.2 Å². The van der Waals surface area contributed by atoms with Crippen LogP contribution in [0.25, 0.3) is 11.5 Å². The second-order valence-electron chi connectivity index (χ2n) is 8.46. The Labute approximate surface area is 173 Å². The van der Waals surface area contributed by atoms with Crippen molar-refractivity contribution in [2.45, 2.75) is 45.7 Å². The largest absolute Gasteiger partial charge is 0.496 e. The van der Waals surface area contributed by atoms with Crippen LogP contribution in [0.5, 0.6) is 5.75 Å². The molecule has 29 heavy (non-hydrogen) atoms. The minimum absolute atomic E-state index is 0.547. The number of benzene rings is 1. The van der Waals surface area contributed by atoms with E-state index in [2.05, 4.69) is 38.7 Å². The molecule has 0 N–H and O–H groups in total. The van der Waals surface area contributed by atoms with Crippen molar-refractivity contribution >= 4 is 6.01 Å². The SMILES string of the molecule is COc1cc(-c2nnc(N3CCC(N4CCN(C(C)C)CC4)CC3)o2)ccc1C. The van der Waals surface area contributed by atoms with E-state index < -0.39 is 0 Å². The van der Waals surface area contributed by atoms with Crippen LogP contribution < -0.4 is 9.64 Å². The van der Waals surface area contributed by atoms with Crippen molar-refractivity contribution in [2.24, 2.45) is 0 Å². The van der Waals surface area contributed by atoms with Gasteiger partial charge in [0.05, 0.1) is 7.11 Å². The number of rotatable bonds is 5. The van der Waals surface area contributed by atoms with E-state index in [0.717, 1.165) is 42.8 Å². The maximum atomic E-state index is 6.00. The Hall–Kier alpha value is -2.12. The Morgan fingerprint density at radius 1 is 1.03 bits per heavy atom. The second-order valence-corrected chi connectivity index (χ2v) is 8.46. The molecule has 0 unspecified atom stereocenters. The smallest absolute Gasteiger partial charge is 0.318 e. The highest BCUT2D eigenvalue weighted by molar-refractivity contribution is 5.58. The third-order valence-corrected chi connectivity index (χ3v) is 6.40. The molecule has 2 aliphatic rings. The van der Waals surface area contributed by atoms with E-state index in [1.54, 1.807) is 7.11 Å². The third kappa shape index (κ3) is 4.41. The monoisotopic (exact) mass is 399 g/mol. The fourth-order valence-corrected chi connectivity index (χ4v) is 4.45. The normalized spacial score (nSPS) is 19.8. The number of ether oxygens (including phenoxy) is 1. The lowest BCUT2D eigenvalue weighted by Crippen LogP contribution is -2.54. The maximum Gasteiger partial charge on any atom is 0.318 e. The van der Waals surface area contributed by atoms with E-state index in [1.165, 1.54) is 26.2 Å². The van der Waals surface area contributed by atoms with Gasteiger partial charge in [-0.2, -0.15) is 0 Å². The lowest BCUT2D eigenvalue weighted by atomic mass is 10.0. The Balaban J connectivity index is 1.34. The topological polar surface area (TPSA) is 57.9 Å². The summed E-state index contributed by atoms with van der Waals surface area (Å²) in [5.41, 5.74) is 1.98. The van der Waals surface area contributed by atoms with Gasteiger partial charge in [0.25, 0.3) is 0 Å². The van der Waals surface area contributed by atoms with E-state index in [9.17, 15) is 0 Å². The summed E-state index contributed by atoms with van der Waals surface area (Å²) in [5, 5.41) is 8.58. The van der Waals surface area contributed by atoms with Gasteiger partial charge in [0.1, 0.15) is 5.75 Å². The van der Waals surface area contributed by atoms with Gasteiger partial charge in [-0.15, -0.1) is 5.10 Å². The zero-order chi connectivity index (χ0) is 20.4. The number of anilines is 1. The summed E-state index contributed by atoms with van der Waals surface area (Å²) in [6.07, 6.45) is 2.30. The minimum Gasteiger partial charge on any atom is -0.496 e. The first kappa shape index (κ1) is 20.2. The predicted molar refractivity (Wildman–Crippen MR) is 115 cm³/mol. The summed E-state index contributed by atoms with van der Waals surface area (Å²) in [4.78, 5) is 7.47. The molecule has 2 aliphatic heterocycles. The van der Waals surface area contributed by atoms with Crippen LogP contribution >= 0.6 is 0 Å². The average molecular weight is 400 g/mol. The Kier molecular flexibility index (Phi) is 6.06.